The molecule has 23 heteroatoms. The van der Waals surface area contributed by atoms with Gasteiger partial charge < -0.3 is 63.7 Å². The van der Waals surface area contributed by atoms with E-state index in [0.29, 0.717) is 17.6 Å². The van der Waals surface area contributed by atoms with Gasteiger partial charge in [0.1, 0.15) is 29.7 Å². The van der Waals surface area contributed by atoms with Gasteiger partial charge in [0.25, 0.3) is 7.82 Å². The average molecular weight is 961 g/mol. The molecule has 4 aliphatic rings. The Hall–Kier alpha value is -2.78. The van der Waals surface area contributed by atoms with Crippen molar-refractivity contribution in [2.75, 3.05) is 27.4 Å². The molecule has 8 atom stereocenters. The molecule has 0 radical (unpaired) electrons. The minimum absolute atomic E-state index is 0. The van der Waals surface area contributed by atoms with Gasteiger partial charge in [0.2, 0.25) is 11.5 Å². The number of aliphatic hydroxyl groups is 7. The number of carbonyl (C=O) groups is 4. The van der Waals surface area contributed by atoms with Gasteiger partial charge in [-0.1, -0.05) is 58.4 Å². The van der Waals surface area contributed by atoms with Gasteiger partial charge in [-0.05, 0) is 87.5 Å². The number of carbonyl (C=O) groups excluding carboxylic acids is 4. The molecule has 20 nitrogen and oxygen atoms in total. The van der Waals surface area contributed by atoms with Gasteiger partial charge in [-0.2, -0.15) is 0 Å². The number of ketones is 2. The summed E-state index contributed by atoms with van der Waals surface area (Å²) in [6.45, 7) is 17.4. The predicted octanol–water partition coefficient (Wildman–Crippen LogP) is 1.54. The summed E-state index contributed by atoms with van der Waals surface area (Å²) in [5.41, 5.74) is 4.03. The van der Waals surface area contributed by atoms with E-state index in [1.807, 2.05) is 67.5 Å². The normalized spacial score (nSPS) is 25.5. The second-order valence-electron chi connectivity index (χ2n) is 16.5. The van der Waals surface area contributed by atoms with Crippen molar-refractivity contribution < 1.29 is 126 Å². The van der Waals surface area contributed by atoms with E-state index >= 15 is 0 Å². The van der Waals surface area contributed by atoms with Gasteiger partial charge in [0.15, 0.2) is 29.5 Å². The predicted molar refractivity (Wildman–Crippen MR) is 225 cm³/mol. The number of hydrogen-bond acceptors (Lipinski definition) is 20. The van der Waals surface area contributed by atoms with Crippen molar-refractivity contribution in [1.29, 1.82) is 0 Å². The Labute approximate surface area is 395 Å². The Kier molecular flexibility index (Phi) is 23.2. The van der Waals surface area contributed by atoms with Crippen molar-refractivity contribution in [1.82, 2.24) is 0 Å². The molecule has 0 bridgehead atoms. The van der Waals surface area contributed by atoms with E-state index in [-0.39, 0.29) is 54.6 Å². The molecular formula is C41H63NaO20P2. The van der Waals surface area contributed by atoms with Crippen LogP contribution in [0.3, 0.4) is 0 Å². The number of rotatable bonds is 13. The second-order valence-corrected chi connectivity index (χ2v) is 20.1. The maximum Gasteiger partial charge on any atom is 1.00 e. The number of Topliss-reactive ketones (excluding diaryl/α,β-unsaturated/α-hetero) is 2. The summed E-state index contributed by atoms with van der Waals surface area (Å²) < 4.78 is 53.8. The Morgan fingerprint density at radius 2 is 1.11 bits per heavy atom. The van der Waals surface area contributed by atoms with E-state index in [4.69, 9.17) is 38.7 Å². The first-order valence-electron chi connectivity index (χ1n) is 19.1. The van der Waals surface area contributed by atoms with E-state index in [9.17, 15) is 48.5 Å². The van der Waals surface area contributed by atoms with Crippen molar-refractivity contribution in [2.24, 2.45) is 10.8 Å². The third kappa shape index (κ3) is 14.6. The van der Waals surface area contributed by atoms with Crippen LogP contribution in [0.2, 0.25) is 0 Å². The van der Waals surface area contributed by atoms with Crippen LogP contribution in [0, 0.1) is 10.8 Å². The van der Waals surface area contributed by atoms with E-state index in [1.54, 1.807) is 13.8 Å². The zero-order chi connectivity index (χ0) is 48.0. The fraction of sp³-hybridized carbons (Fsp3) is 0.610. The van der Waals surface area contributed by atoms with E-state index in [2.05, 4.69) is 9.26 Å². The number of esters is 2. The first-order chi connectivity index (χ1) is 28.4. The molecule has 2 heterocycles. The Bertz CT molecular complexity index is 2050. The van der Waals surface area contributed by atoms with Gasteiger partial charge in [0, 0.05) is 14.2 Å². The maximum atomic E-state index is 13.5. The van der Waals surface area contributed by atoms with Crippen molar-refractivity contribution >= 4 is 38.9 Å². The molecule has 4 unspecified atom stereocenters. The summed E-state index contributed by atoms with van der Waals surface area (Å²) in [7, 11) is -6.82. The van der Waals surface area contributed by atoms with Crippen LogP contribution in [-0.4, -0.2) is 123 Å². The van der Waals surface area contributed by atoms with Crippen molar-refractivity contribution in [2.45, 2.75) is 126 Å². The summed E-state index contributed by atoms with van der Waals surface area (Å²) in [4.78, 5) is 59.0. The van der Waals surface area contributed by atoms with Crippen LogP contribution in [0.25, 0.3) is 0 Å². The van der Waals surface area contributed by atoms with Crippen LogP contribution < -0.4 is 34.5 Å². The second kappa shape index (κ2) is 24.3. The van der Waals surface area contributed by atoms with Crippen LogP contribution >= 0.6 is 15.4 Å². The van der Waals surface area contributed by atoms with Crippen molar-refractivity contribution in [3.8, 4) is 0 Å². The Balaban J connectivity index is 0.00000101. The molecule has 0 fully saturated rings. The smallest absolute Gasteiger partial charge is 0.756 e. The molecule has 358 valence electrons. The number of ether oxygens (including phenoxy) is 2. The molecule has 7 N–H and O–H groups in total. The summed E-state index contributed by atoms with van der Waals surface area (Å²) in [5.74, 6) is -5.74. The maximum absolute atomic E-state index is 13.5. The Morgan fingerprint density at radius 1 is 0.734 bits per heavy atom. The fourth-order valence-corrected chi connectivity index (χ4v) is 9.30. The van der Waals surface area contributed by atoms with Gasteiger partial charge in [-0.3, -0.25) is 23.2 Å². The number of phosphoric ester groups is 1. The first-order valence-corrected chi connectivity index (χ1v) is 22.1. The molecular weight excluding hydrogens is 897 g/mol. The van der Waals surface area contributed by atoms with Gasteiger partial charge in [-0.25, -0.2) is 9.59 Å². The summed E-state index contributed by atoms with van der Waals surface area (Å²) >= 11 is 0. The van der Waals surface area contributed by atoms with Crippen LogP contribution in [-0.2, 0) is 55.9 Å². The van der Waals surface area contributed by atoms with E-state index in [1.165, 1.54) is 0 Å². The van der Waals surface area contributed by atoms with Crippen LogP contribution in [0.1, 0.15) is 89.5 Å². The standard InChI is InChI=1S/C20H29O9P.C14H23O5P.C6H8O6.CH4.Na/c1-10(2)7-12-11(3)15(23)14(8-20(12,4)5)29-30(26,27-6)18-16(24)19(25)28-17(18)13(22)9-21;1-9(2)7-11-10(3)13(15)12(8-14(11,4)5)19-20(16,17)18-6;7-1-2(8)5-3(9)4(10)6(11)12-5;;/h7,13-14,17,21-22,24H,8-9H2,1-6H3;7,12H,8H2,1-6H3,(H,16,17);2,5,7-10H,1H2;1H4;/q;;;;+1/p-1/t13-,14?,17+,30?;;2-,5+;;/m0.0../s1. The number of hydrogen-bond donors (Lipinski definition) is 7. The zero-order valence-electron chi connectivity index (χ0n) is 37.8. The topological polar surface area (TPSA) is 322 Å². The molecule has 64 heavy (non-hydrogen) atoms. The van der Waals surface area contributed by atoms with Crippen LogP contribution in [0.4, 0.5) is 0 Å². The third-order valence-electron chi connectivity index (χ3n) is 10.1. The molecule has 0 spiro atoms. The number of cyclic esters (lactones) is 2. The number of phosphoric acid groups is 1. The summed E-state index contributed by atoms with van der Waals surface area (Å²) in [6.07, 6.45) is -3.89. The SMILES string of the molecule is C.COP(=O)(OC1CC(C)(C)C(C=C(C)C)=C(C)C1=O)C1=C(O)C(=O)O[C@@H]1[C@@H](O)CO.COP(=O)([O-])OC1CC(C)(C)C(C=C(C)C)=C(C)C1=O.O=C1O[C@H]([C@@H](O)CO)C(O)=C1O.[Na+]. The van der Waals surface area contributed by atoms with Crippen molar-refractivity contribution in [3.63, 3.8) is 0 Å². The van der Waals surface area contributed by atoms with Crippen LogP contribution in [0.5, 0.6) is 0 Å². The minimum Gasteiger partial charge on any atom is -0.756 e. The quantitative estimate of drug-likeness (QED) is 0.0782. The molecule has 0 aromatic carbocycles. The van der Waals surface area contributed by atoms with E-state index < -0.39 is 111 Å². The van der Waals surface area contributed by atoms with E-state index in [0.717, 1.165) is 36.5 Å². The first kappa shape index (κ1) is 61.2. The molecule has 0 aromatic heterocycles. The van der Waals surface area contributed by atoms with Gasteiger partial charge in [-0.15, -0.1) is 0 Å². The fourth-order valence-electron chi connectivity index (χ4n) is 6.95. The van der Waals surface area contributed by atoms with Crippen molar-refractivity contribution in [3.05, 3.63) is 68.2 Å². The minimum atomic E-state index is -4.45. The summed E-state index contributed by atoms with van der Waals surface area (Å²) in [6, 6.07) is 0. The van der Waals surface area contributed by atoms with Gasteiger partial charge in [0.05, 0.1) is 13.2 Å². The van der Waals surface area contributed by atoms with Crippen LogP contribution in [0.15, 0.2) is 68.2 Å². The monoisotopic (exact) mass is 960 g/mol. The molecule has 4 rings (SSSR count). The largest absolute Gasteiger partial charge is 1.00 e. The molecule has 0 amide bonds. The molecule has 2 aliphatic carbocycles. The Morgan fingerprint density at radius 3 is 1.45 bits per heavy atom. The number of aliphatic hydroxyl groups excluding tert-OH is 7. The summed E-state index contributed by atoms with van der Waals surface area (Å²) in [5, 5.41) is 63.7. The zero-order valence-corrected chi connectivity index (χ0v) is 41.6. The average Bonchev–Trinajstić information content (AvgIpc) is 3.64. The molecule has 0 aromatic rings. The third-order valence-corrected chi connectivity index (χ3v) is 13.1. The molecule has 2 aliphatic heterocycles. The number of allylic oxidation sites excluding steroid dienone is 6. The van der Waals surface area contributed by atoms with Gasteiger partial charge >= 0.3 is 49.1 Å². The molecule has 0 saturated carbocycles. The molecule has 0 saturated heterocycles.